The van der Waals surface area contributed by atoms with Crippen LogP contribution in [0, 0.1) is 0 Å². The molecule has 74 valence electrons. The van der Waals surface area contributed by atoms with Crippen LogP contribution in [0.1, 0.15) is 11.3 Å². The van der Waals surface area contributed by atoms with Gasteiger partial charge in [0.05, 0.1) is 5.69 Å². The molecule has 1 aromatic heterocycles. The molecule has 0 saturated heterocycles. The standard InChI is InChI=1S/C13H11NS/c15-13(12-8-4-5-9-14-12)10-11-6-2-1-3-7-11/h1-9H,10H2. The molecule has 1 aromatic carbocycles. The Morgan fingerprint density at radius 1 is 1.00 bits per heavy atom. The molecule has 0 atom stereocenters. The van der Waals surface area contributed by atoms with Crippen molar-refractivity contribution in [2.45, 2.75) is 6.42 Å². The van der Waals surface area contributed by atoms with E-state index in [1.54, 1.807) is 6.20 Å². The molecule has 0 radical (unpaired) electrons. The maximum Gasteiger partial charge on any atom is 0.0772 e. The average Bonchev–Trinajstić information content (AvgIpc) is 2.31. The molecule has 0 amide bonds. The van der Waals surface area contributed by atoms with Crippen molar-refractivity contribution in [2.75, 3.05) is 0 Å². The molecule has 1 nitrogen and oxygen atoms in total. The van der Waals surface area contributed by atoms with Crippen molar-refractivity contribution >= 4 is 17.1 Å². The molecule has 2 rings (SSSR count). The fourth-order valence-corrected chi connectivity index (χ4v) is 1.69. The highest BCUT2D eigenvalue weighted by molar-refractivity contribution is 7.80. The molecule has 0 fully saturated rings. The minimum Gasteiger partial charge on any atom is -0.256 e. The summed E-state index contributed by atoms with van der Waals surface area (Å²) in [6, 6.07) is 16.0. The first-order valence-corrected chi connectivity index (χ1v) is 5.25. The van der Waals surface area contributed by atoms with Crippen molar-refractivity contribution in [3.8, 4) is 0 Å². The topological polar surface area (TPSA) is 12.9 Å². The zero-order chi connectivity index (χ0) is 10.5. The molecule has 0 bridgehead atoms. The third kappa shape index (κ3) is 2.70. The Hall–Kier alpha value is -1.54. The third-order valence-corrected chi connectivity index (χ3v) is 2.51. The van der Waals surface area contributed by atoms with Crippen LogP contribution >= 0.6 is 12.2 Å². The molecule has 0 saturated carbocycles. The molecule has 0 aliphatic rings. The predicted octanol–water partition coefficient (Wildman–Crippen LogP) is 3.04. The maximum atomic E-state index is 5.34. The van der Waals surface area contributed by atoms with Crippen LogP contribution in [0.2, 0.25) is 0 Å². The van der Waals surface area contributed by atoms with Gasteiger partial charge in [-0.2, -0.15) is 0 Å². The summed E-state index contributed by atoms with van der Waals surface area (Å²) in [5.41, 5.74) is 2.13. The zero-order valence-electron chi connectivity index (χ0n) is 8.26. The number of thiocarbonyl (C=S) groups is 1. The van der Waals surface area contributed by atoms with Gasteiger partial charge >= 0.3 is 0 Å². The second-order valence-corrected chi connectivity index (χ2v) is 3.79. The van der Waals surface area contributed by atoms with E-state index in [-0.39, 0.29) is 0 Å². The van der Waals surface area contributed by atoms with Crippen molar-refractivity contribution in [3.63, 3.8) is 0 Å². The van der Waals surface area contributed by atoms with Crippen LogP contribution in [0.4, 0.5) is 0 Å². The highest BCUT2D eigenvalue weighted by Gasteiger charge is 2.02. The normalized spacial score (nSPS) is 9.87. The van der Waals surface area contributed by atoms with E-state index in [9.17, 15) is 0 Å². The Morgan fingerprint density at radius 2 is 1.73 bits per heavy atom. The minimum atomic E-state index is 0.785. The van der Waals surface area contributed by atoms with Gasteiger partial charge in [0, 0.05) is 17.5 Å². The number of rotatable bonds is 3. The summed E-state index contributed by atoms with van der Waals surface area (Å²) in [7, 11) is 0. The van der Waals surface area contributed by atoms with Crippen molar-refractivity contribution in [1.29, 1.82) is 0 Å². The highest BCUT2D eigenvalue weighted by atomic mass is 32.1. The summed E-state index contributed by atoms with van der Waals surface area (Å²) in [6.07, 6.45) is 2.56. The molecule has 0 spiro atoms. The monoisotopic (exact) mass is 213 g/mol. The Balaban J connectivity index is 2.12. The number of pyridine rings is 1. The fourth-order valence-electron chi connectivity index (χ4n) is 1.40. The lowest BCUT2D eigenvalue weighted by molar-refractivity contribution is 1.26. The van der Waals surface area contributed by atoms with E-state index in [0.717, 1.165) is 17.0 Å². The van der Waals surface area contributed by atoms with Crippen LogP contribution in [0.3, 0.4) is 0 Å². The summed E-state index contributed by atoms with van der Waals surface area (Å²) in [5, 5.41) is 0. The van der Waals surface area contributed by atoms with Gasteiger partial charge in [0.1, 0.15) is 0 Å². The Bertz CT molecular complexity index is 437. The van der Waals surface area contributed by atoms with E-state index in [1.165, 1.54) is 5.56 Å². The largest absolute Gasteiger partial charge is 0.256 e. The molecule has 0 aliphatic carbocycles. The summed E-state index contributed by atoms with van der Waals surface area (Å²) < 4.78 is 0. The highest BCUT2D eigenvalue weighted by Crippen LogP contribution is 2.06. The van der Waals surface area contributed by atoms with Crippen LogP contribution in [0.25, 0.3) is 0 Å². The Morgan fingerprint density at radius 3 is 2.40 bits per heavy atom. The van der Waals surface area contributed by atoms with E-state index in [0.29, 0.717) is 0 Å². The molecule has 0 N–H and O–H groups in total. The number of hydrogen-bond acceptors (Lipinski definition) is 2. The van der Waals surface area contributed by atoms with Crippen LogP contribution in [0.15, 0.2) is 54.7 Å². The van der Waals surface area contributed by atoms with Gasteiger partial charge in [-0.3, -0.25) is 4.98 Å². The molecular formula is C13H11NS. The lowest BCUT2D eigenvalue weighted by Crippen LogP contribution is -2.03. The van der Waals surface area contributed by atoms with Crippen molar-refractivity contribution < 1.29 is 0 Å². The van der Waals surface area contributed by atoms with E-state index in [2.05, 4.69) is 17.1 Å². The van der Waals surface area contributed by atoms with E-state index >= 15 is 0 Å². The van der Waals surface area contributed by atoms with Crippen LogP contribution < -0.4 is 0 Å². The van der Waals surface area contributed by atoms with Gasteiger partial charge in [-0.05, 0) is 17.7 Å². The van der Waals surface area contributed by atoms with Gasteiger partial charge in [0.25, 0.3) is 0 Å². The predicted molar refractivity (Wildman–Crippen MR) is 66.1 cm³/mol. The average molecular weight is 213 g/mol. The first-order chi connectivity index (χ1) is 7.36. The number of aromatic nitrogens is 1. The lowest BCUT2D eigenvalue weighted by Gasteiger charge is -2.02. The van der Waals surface area contributed by atoms with Crippen molar-refractivity contribution in [1.82, 2.24) is 4.98 Å². The van der Waals surface area contributed by atoms with Gasteiger partial charge in [0.2, 0.25) is 0 Å². The van der Waals surface area contributed by atoms with Gasteiger partial charge in [-0.15, -0.1) is 0 Å². The number of hydrogen-bond donors (Lipinski definition) is 0. The first kappa shape index (κ1) is 9.99. The van der Waals surface area contributed by atoms with E-state index < -0.39 is 0 Å². The summed E-state index contributed by atoms with van der Waals surface area (Å²) >= 11 is 5.34. The van der Waals surface area contributed by atoms with Crippen LogP contribution in [-0.2, 0) is 6.42 Å². The minimum absolute atomic E-state index is 0.785. The fraction of sp³-hybridized carbons (Fsp3) is 0.0769. The van der Waals surface area contributed by atoms with Gasteiger partial charge in [-0.1, -0.05) is 48.6 Å². The smallest absolute Gasteiger partial charge is 0.0772 e. The molecule has 2 aromatic rings. The molecule has 1 heterocycles. The molecule has 15 heavy (non-hydrogen) atoms. The molecule has 2 heteroatoms. The molecule has 0 aliphatic heterocycles. The Labute approximate surface area is 94.8 Å². The second-order valence-electron chi connectivity index (χ2n) is 3.30. The van der Waals surface area contributed by atoms with Crippen LogP contribution in [-0.4, -0.2) is 9.85 Å². The SMILES string of the molecule is S=C(Cc1ccccc1)c1ccccn1. The molecule has 0 unspecified atom stereocenters. The number of benzene rings is 1. The van der Waals surface area contributed by atoms with Gasteiger partial charge in [0.15, 0.2) is 0 Å². The van der Waals surface area contributed by atoms with Gasteiger partial charge in [-0.25, -0.2) is 0 Å². The number of nitrogens with zero attached hydrogens (tertiary/aromatic N) is 1. The maximum absolute atomic E-state index is 5.34. The van der Waals surface area contributed by atoms with Crippen molar-refractivity contribution in [3.05, 3.63) is 66.0 Å². The Kier molecular flexibility index (Phi) is 3.20. The van der Waals surface area contributed by atoms with Crippen molar-refractivity contribution in [2.24, 2.45) is 0 Å². The first-order valence-electron chi connectivity index (χ1n) is 4.84. The zero-order valence-corrected chi connectivity index (χ0v) is 9.08. The third-order valence-electron chi connectivity index (χ3n) is 2.16. The quantitative estimate of drug-likeness (QED) is 0.574. The molecular weight excluding hydrogens is 202 g/mol. The summed E-state index contributed by atoms with van der Waals surface area (Å²) in [5.74, 6) is 0. The second kappa shape index (κ2) is 4.80. The van der Waals surface area contributed by atoms with Crippen LogP contribution in [0.5, 0.6) is 0 Å². The summed E-state index contributed by atoms with van der Waals surface area (Å²) in [4.78, 5) is 5.12. The van der Waals surface area contributed by atoms with E-state index in [4.69, 9.17) is 12.2 Å². The van der Waals surface area contributed by atoms with Gasteiger partial charge < -0.3 is 0 Å². The lowest BCUT2D eigenvalue weighted by atomic mass is 10.1. The van der Waals surface area contributed by atoms with E-state index in [1.807, 2.05) is 36.4 Å². The summed E-state index contributed by atoms with van der Waals surface area (Å²) in [6.45, 7) is 0.